The standard InChI is InChI=1S/C12H19BFNO3/c1-11(2,16)12(3,4)18-13-9-6-8(14)7-15-10(9)17-5/h6-7,13,16H,1-5H3. The van der Waals surface area contributed by atoms with Gasteiger partial charge in [-0.1, -0.05) is 0 Å². The van der Waals surface area contributed by atoms with Gasteiger partial charge in [0.2, 0.25) is 5.88 Å². The topological polar surface area (TPSA) is 51.6 Å². The molecule has 1 heterocycles. The third-order valence-corrected chi connectivity index (χ3v) is 3.15. The van der Waals surface area contributed by atoms with Crippen LogP contribution in [0.2, 0.25) is 0 Å². The van der Waals surface area contributed by atoms with Crippen LogP contribution in [0.25, 0.3) is 0 Å². The zero-order chi connectivity index (χ0) is 14.0. The molecule has 0 spiro atoms. The van der Waals surface area contributed by atoms with E-state index in [1.54, 1.807) is 27.7 Å². The van der Waals surface area contributed by atoms with E-state index in [4.69, 9.17) is 9.39 Å². The van der Waals surface area contributed by atoms with Crippen molar-refractivity contribution in [3.05, 3.63) is 18.1 Å². The highest BCUT2D eigenvalue weighted by Crippen LogP contribution is 2.24. The van der Waals surface area contributed by atoms with Crippen molar-refractivity contribution >= 4 is 12.9 Å². The van der Waals surface area contributed by atoms with Crippen molar-refractivity contribution < 1.29 is 18.9 Å². The van der Waals surface area contributed by atoms with E-state index in [1.807, 2.05) is 0 Å². The molecule has 1 aromatic rings. The van der Waals surface area contributed by atoms with Crippen LogP contribution in [-0.2, 0) is 4.65 Å². The van der Waals surface area contributed by atoms with Gasteiger partial charge in [-0.15, -0.1) is 0 Å². The Morgan fingerprint density at radius 2 is 1.94 bits per heavy atom. The summed E-state index contributed by atoms with van der Waals surface area (Å²) >= 11 is 0. The Morgan fingerprint density at radius 1 is 1.33 bits per heavy atom. The van der Waals surface area contributed by atoms with E-state index in [-0.39, 0.29) is 7.48 Å². The van der Waals surface area contributed by atoms with Gasteiger partial charge in [-0.05, 0) is 33.8 Å². The predicted octanol–water partition coefficient (Wildman–Crippen LogP) is 0.772. The van der Waals surface area contributed by atoms with Gasteiger partial charge in [0.1, 0.15) is 5.82 Å². The fourth-order valence-electron chi connectivity index (χ4n) is 1.19. The molecule has 6 heteroatoms. The summed E-state index contributed by atoms with van der Waals surface area (Å²) in [5.74, 6) is -0.126. The van der Waals surface area contributed by atoms with Crippen molar-refractivity contribution in [2.75, 3.05) is 7.11 Å². The minimum absolute atomic E-state index is 0.116. The largest absolute Gasteiger partial charge is 0.481 e. The van der Waals surface area contributed by atoms with Crippen LogP contribution < -0.4 is 10.2 Å². The first-order valence-corrected chi connectivity index (χ1v) is 5.72. The molecular formula is C12H19BFNO3. The Morgan fingerprint density at radius 3 is 2.44 bits per heavy atom. The zero-order valence-electron chi connectivity index (χ0n) is 11.5. The fourth-order valence-corrected chi connectivity index (χ4v) is 1.19. The van der Waals surface area contributed by atoms with Crippen LogP contribution in [0.15, 0.2) is 12.3 Å². The Bertz CT molecular complexity index is 418. The van der Waals surface area contributed by atoms with E-state index in [0.717, 1.165) is 6.20 Å². The van der Waals surface area contributed by atoms with Gasteiger partial charge in [-0.2, -0.15) is 0 Å². The van der Waals surface area contributed by atoms with Crippen molar-refractivity contribution in [1.82, 2.24) is 4.98 Å². The molecule has 0 saturated carbocycles. The van der Waals surface area contributed by atoms with E-state index in [1.165, 1.54) is 13.2 Å². The SMILES string of the molecule is COc1ncc(F)cc1BOC(C)(C)C(C)(C)O. The average molecular weight is 255 g/mol. The molecule has 18 heavy (non-hydrogen) atoms. The second kappa shape index (κ2) is 5.24. The lowest BCUT2D eigenvalue weighted by atomic mass is 9.83. The van der Waals surface area contributed by atoms with Gasteiger partial charge in [-0.25, -0.2) is 9.37 Å². The molecule has 0 aliphatic rings. The number of aliphatic hydroxyl groups is 1. The smallest absolute Gasteiger partial charge is 0.315 e. The maximum Gasteiger partial charge on any atom is 0.315 e. The maximum atomic E-state index is 13.1. The molecule has 0 aromatic carbocycles. The summed E-state index contributed by atoms with van der Waals surface area (Å²) in [6.07, 6.45) is 1.09. The highest BCUT2D eigenvalue weighted by atomic mass is 19.1. The third kappa shape index (κ3) is 3.43. The number of hydrogen-bond acceptors (Lipinski definition) is 4. The Kier molecular flexibility index (Phi) is 4.34. The normalized spacial score (nSPS) is 12.4. The molecule has 0 aliphatic carbocycles. The lowest BCUT2D eigenvalue weighted by molar-refractivity contribution is -0.0893. The van der Waals surface area contributed by atoms with Gasteiger partial charge in [0.15, 0.2) is 0 Å². The molecule has 0 unspecified atom stereocenters. The molecule has 100 valence electrons. The molecule has 0 amide bonds. The average Bonchev–Trinajstić information content (AvgIpc) is 2.25. The van der Waals surface area contributed by atoms with Gasteiger partial charge < -0.3 is 14.5 Å². The van der Waals surface area contributed by atoms with Crippen LogP contribution in [0.1, 0.15) is 27.7 Å². The lowest BCUT2D eigenvalue weighted by Crippen LogP contribution is -2.49. The number of aromatic nitrogens is 1. The molecular weight excluding hydrogens is 236 g/mol. The summed E-state index contributed by atoms with van der Waals surface area (Å²) in [5, 5.41) is 9.96. The van der Waals surface area contributed by atoms with E-state index in [0.29, 0.717) is 11.3 Å². The highest BCUT2D eigenvalue weighted by molar-refractivity contribution is 6.48. The van der Waals surface area contributed by atoms with Gasteiger partial charge >= 0.3 is 7.48 Å². The molecule has 1 rings (SSSR count). The Hall–Kier alpha value is -1.14. The van der Waals surface area contributed by atoms with Crippen molar-refractivity contribution in [3.8, 4) is 5.88 Å². The molecule has 0 saturated heterocycles. The summed E-state index contributed by atoms with van der Waals surface area (Å²) in [6, 6.07) is 1.31. The number of rotatable bonds is 5. The van der Waals surface area contributed by atoms with Crippen LogP contribution in [-0.4, -0.2) is 35.9 Å². The Labute approximate surface area is 107 Å². The second-order valence-corrected chi connectivity index (χ2v) is 5.18. The highest BCUT2D eigenvalue weighted by Gasteiger charge is 2.36. The van der Waals surface area contributed by atoms with Crippen molar-refractivity contribution in [2.24, 2.45) is 0 Å². The summed E-state index contributed by atoms with van der Waals surface area (Å²) in [4.78, 5) is 3.82. The van der Waals surface area contributed by atoms with Crippen LogP contribution in [0.4, 0.5) is 4.39 Å². The number of halogens is 1. The monoisotopic (exact) mass is 255 g/mol. The Balaban J connectivity index is 2.83. The predicted molar refractivity (Wildman–Crippen MR) is 69.0 cm³/mol. The van der Waals surface area contributed by atoms with E-state index in [9.17, 15) is 9.50 Å². The molecule has 0 bridgehead atoms. The summed E-state index contributed by atoms with van der Waals surface area (Å²) < 4.78 is 23.8. The summed E-state index contributed by atoms with van der Waals surface area (Å²) in [7, 11) is 1.58. The van der Waals surface area contributed by atoms with Crippen LogP contribution in [0.5, 0.6) is 5.88 Å². The molecule has 4 nitrogen and oxygen atoms in total. The number of hydrogen-bond donors (Lipinski definition) is 1. The molecule has 0 atom stereocenters. The minimum atomic E-state index is -1.01. The van der Waals surface area contributed by atoms with E-state index >= 15 is 0 Å². The van der Waals surface area contributed by atoms with Gasteiger partial charge in [0.25, 0.3) is 0 Å². The molecule has 0 fully saturated rings. The van der Waals surface area contributed by atoms with Crippen LogP contribution in [0.3, 0.4) is 0 Å². The van der Waals surface area contributed by atoms with Gasteiger partial charge in [-0.3, -0.25) is 0 Å². The molecule has 1 aromatic heterocycles. The first-order chi connectivity index (χ1) is 8.17. The van der Waals surface area contributed by atoms with E-state index < -0.39 is 17.0 Å². The first kappa shape index (κ1) is 14.9. The first-order valence-electron chi connectivity index (χ1n) is 5.72. The van der Waals surface area contributed by atoms with Crippen molar-refractivity contribution in [3.63, 3.8) is 0 Å². The number of nitrogens with zero attached hydrogens (tertiary/aromatic N) is 1. The number of ether oxygens (including phenoxy) is 1. The van der Waals surface area contributed by atoms with Crippen LogP contribution in [0, 0.1) is 5.82 Å². The fraction of sp³-hybridized carbons (Fsp3) is 0.583. The summed E-state index contributed by atoms with van der Waals surface area (Å²) in [6.45, 7) is 6.86. The third-order valence-electron chi connectivity index (χ3n) is 3.15. The molecule has 1 N–H and O–H groups in total. The van der Waals surface area contributed by atoms with Gasteiger partial charge in [0.05, 0.1) is 24.5 Å². The quantitative estimate of drug-likeness (QED) is 0.789. The summed E-state index contributed by atoms with van der Waals surface area (Å²) in [5.41, 5.74) is -1.28. The van der Waals surface area contributed by atoms with Crippen molar-refractivity contribution in [1.29, 1.82) is 0 Å². The molecule has 0 aliphatic heterocycles. The van der Waals surface area contributed by atoms with Crippen molar-refractivity contribution in [2.45, 2.75) is 38.9 Å². The van der Waals surface area contributed by atoms with Gasteiger partial charge in [0, 0.05) is 5.46 Å². The second-order valence-electron chi connectivity index (χ2n) is 5.18. The lowest BCUT2D eigenvalue weighted by Gasteiger charge is -2.37. The molecule has 0 radical (unpaired) electrons. The van der Waals surface area contributed by atoms with Crippen LogP contribution >= 0.6 is 0 Å². The maximum absolute atomic E-state index is 13.1. The number of methoxy groups -OCH3 is 1. The van der Waals surface area contributed by atoms with E-state index in [2.05, 4.69) is 4.98 Å². The minimum Gasteiger partial charge on any atom is -0.481 e. The number of pyridine rings is 1. The zero-order valence-corrected chi connectivity index (χ0v) is 11.5.